The molecule has 0 aliphatic rings. The lowest BCUT2D eigenvalue weighted by atomic mass is 9.94. The van der Waals surface area contributed by atoms with Crippen LogP contribution in [-0.2, 0) is 0 Å². The number of hydrogen-bond acceptors (Lipinski definition) is 1. The van der Waals surface area contributed by atoms with Crippen molar-refractivity contribution in [2.24, 2.45) is 5.92 Å². The van der Waals surface area contributed by atoms with Gasteiger partial charge in [-0.3, -0.25) is 0 Å². The van der Waals surface area contributed by atoms with Gasteiger partial charge in [0.25, 0.3) is 0 Å². The molecule has 0 aliphatic carbocycles. The summed E-state index contributed by atoms with van der Waals surface area (Å²) in [5.41, 5.74) is 0. The van der Waals surface area contributed by atoms with E-state index in [-0.39, 0.29) is 0 Å². The van der Waals surface area contributed by atoms with Crippen molar-refractivity contribution in [3.63, 3.8) is 0 Å². The van der Waals surface area contributed by atoms with Gasteiger partial charge in [0, 0.05) is 6.04 Å². The van der Waals surface area contributed by atoms with Crippen LogP contribution in [0.4, 0.5) is 0 Å². The highest BCUT2D eigenvalue weighted by Gasteiger charge is 2.08. The molecule has 1 N–H and O–H groups in total. The molecule has 0 aromatic heterocycles. The van der Waals surface area contributed by atoms with E-state index in [1.807, 2.05) is 7.05 Å². The van der Waals surface area contributed by atoms with Crippen LogP contribution in [0.1, 0.15) is 46.5 Å². The molecule has 68 valence electrons. The molecule has 1 nitrogen and oxygen atoms in total. The molecular weight excluding hydrogens is 134 g/mol. The van der Waals surface area contributed by atoms with Crippen molar-refractivity contribution in [3.05, 3.63) is 0 Å². The van der Waals surface area contributed by atoms with Gasteiger partial charge in [0.05, 0.1) is 0 Å². The summed E-state index contributed by atoms with van der Waals surface area (Å²) >= 11 is 0. The second-order valence-corrected chi connectivity index (χ2v) is 3.49. The smallest absolute Gasteiger partial charge is 0.00383 e. The van der Waals surface area contributed by atoms with Crippen LogP contribution in [0, 0.1) is 5.92 Å². The molecule has 2 atom stereocenters. The maximum Gasteiger partial charge on any atom is 0.00383 e. The van der Waals surface area contributed by atoms with Gasteiger partial charge < -0.3 is 5.32 Å². The lowest BCUT2D eigenvalue weighted by molar-refractivity contribution is 0.379. The lowest BCUT2D eigenvalue weighted by Gasteiger charge is -2.18. The molecule has 0 fully saturated rings. The summed E-state index contributed by atoms with van der Waals surface area (Å²) in [6, 6.07) is 0.687. The van der Waals surface area contributed by atoms with Crippen molar-refractivity contribution in [2.75, 3.05) is 7.05 Å². The fourth-order valence-electron chi connectivity index (χ4n) is 1.51. The van der Waals surface area contributed by atoms with Crippen molar-refractivity contribution in [3.8, 4) is 0 Å². The summed E-state index contributed by atoms with van der Waals surface area (Å²) in [7, 11) is 2.04. The molecular formula is C10H23N. The first kappa shape index (κ1) is 11.0. The minimum atomic E-state index is 0.687. The van der Waals surface area contributed by atoms with Crippen molar-refractivity contribution < 1.29 is 0 Å². The summed E-state index contributed by atoms with van der Waals surface area (Å²) in [6.45, 7) is 6.83. The highest BCUT2D eigenvalue weighted by Crippen LogP contribution is 2.16. The van der Waals surface area contributed by atoms with Crippen LogP contribution < -0.4 is 5.32 Å². The molecule has 2 unspecified atom stereocenters. The highest BCUT2D eigenvalue weighted by atomic mass is 14.8. The predicted molar refractivity (Wildman–Crippen MR) is 51.8 cm³/mol. The van der Waals surface area contributed by atoms with Gasteiger partial charge in [-0.15, -0.1) is 0 Å². The van der Waals surface area contributed by atoms with E-state index in [1.165, 1.54) is 25.7 Å². The fourth-order valence-corrected chi connectivity index (χ4v) is 1.51. The Kier molecular flexibility index (Phi) is 6.63. The van der Waals surface area contributed by atoms with E-state index in [9.17, 15) is 0 Å². The van der Waals surface area contributed by atoms with Crippen LogP contribution >= 0.6 is 0 Å². The highest BCUT2D eigenvalue weighted by molar-refractivity contribution is 4.64. The fraction of sp³-hybridized carbons (Fsp3) is 1.00. The first-order valence-corrected chi connectivity index (χ1v) is 4.91. The average Bonchev–Trinajstić information content (AvgIpc) is 2.03. The van der Waals surface area contributed by atoms with Gasteiger partial charge in [-0.1, -0.05) is 33.1 Å². The van der Waals surface area contributed by atoms with E-state index in [2.05, 4.69) is 26.1 Å². The van der Waals surface area contributed by atoms with Gasteiger partial charge in [-0.25, -0.2) is 0 Å². The molecule has 0 amide bonds. The Balaban J connectivity index is 3.49. The molecule has 0 radical (unpaired) electrons. The minimum absolute atomic E-state index is 0.687. The van der Waals surface area contributed by atoms with Gasteiger partial charge in [0.15, 0.2) is 0 Å². The van der Waals surface area contributed by atoms with Crippen LogP contribution in [0.25, 0.3) is 0 Å². The Morgan fingerprint density at radius 2 is 1.91 bits per heavy atom. The molecule has 11 heavy (non-hydrogen) atoms. The maximum absolute atomic E-state index is 3.29. The third kappa shape index (κ3) is 5.25. The van der Waals surface area contributed by atoms with Crippen molar-refractivity contribution in [2.45, 2.75) is 52.5 Å². The Bertz CT molecular complexity index is 80.9. The third-order valence-electron chi connectivity index (χ3n) is 2.45. The molecule has 0 rings (SSSR count). The van der Waals surface area contributed by atoms with E-state index in [0.29, 0.717) is 6.04 Å². The van der Waals surface area contributed by atoms with Crippen molar-refractivity contribution >= 4 is 0 Å². The van der Waals surface area contributed by atoms with Gasteiger partial charge >= 0.3 is 0 Å². The van der Waals surface area contributed by atoms with E-state index in [0.717, 1.165) is 5.92 Å². The maximum atomic E-state index is 3.29. The number of hydrogen-bond donors (Lipinski definition) is 1. The van der Waals surface area contributed by atoms with E-state index >= 15 is 0 Å². The summed E-state index contributed by atoms with van der Waals surface area (Å²) < 4.78 is 0. The molecule has 0 saturated carbocycles. The predicted octanol–water partition coefficient (Wildman–Crippen LogP) is 2.81. The number of nitrogens with one attached hydrogen (secondary N) is 1. The number of rotatable bonds is 6. The summed E-state index contributed by atoms with van der Waals surface area (Å²) in [5.74, 6) is 0.933. The Labute approximate surface area is 71.6 Å². The minimum Gasteiger partial charge on any atom is -0.317 e. The molecule has 0 saturated heterocycles. The van der Waals surface area contributed by atoms with Gasteiger partial charge in [-0.2, -0.15) is 0 Å². The SMILES string of the molecule is CCCC(CC)CC(C)NC. The second kappa shape index (κ2) is 6.66. The van der Waals surface area contributed by atoms with E-state index in [1.54, 1.807) is 0 Å². The van der Waals surface area contributed by atoms with Crippen LogP contribution in [0.15, 0.2) is 0 Å². The van der Waals surface area contributed by atoms with E-state index in [4.69, 9.17) is 0 Å². The summed E-state index contributed by atoms with van der Waals surface area (Å²) in [4.78, 5) is 0. The molecule has 0 aromatic carbocycles. The first-order valence-electron chi connectivity index (χ1n) is 4.91. The molecule has 0 bridgehead atoms. The van der Waals surface area contributed by atoms with Crippen LogP contribution in [-0.4, -0.2) is 13.1 Å². The lowest BCUT2D eigenvalue weighted by Crippen LogP contribution is -2.24. The van der Waals surface area contributed by atoms with Gasteiger partial charge in [0.1, 0.15) is 0 Å². The Morgan fingerprint density at radius 1 is 1.27 bits per heavy atom. The normalized spacial score (nSPS) is 16.4. The monoisotopic (exact) mass is 157 g/mol. The largest absolute Gasteiger partial charge is 0.317 e. The molecule has 0 spiro atoms. The standard InChI is InChI=1S/C10H23N/c1-5-7-10(6-2)8-9(3)11-4/h9-11H,5-8H2,1-4H3. The Morgan fingerprint density at radius 3 is 2.27 bits per heavy atom. The topological polar surface area (TPSA) is 12.0 Å². The average molecular weight is 157 g/mol. The van der Waals surface area contributed by atoms with Gasteiger partial charge in [-0.05, 0) is 26.3 Å². The molecule has 1 heteroatoms. The zero-order valence-corrected chi connectivity index (χ0v) is 8.48. The van der Waals surface area contributed by atoms with E-state index < -0.39 is 0 Å². The van der Waals surface area contributed by atoms with Gasteiger partial charge in [0.2, 0.25) is 0 Å². The summed E-state index contributed by atoms with van der Waals surface area (Å²) in [5, 5.41) is 3.29. The second-order valence-electron chi connectivity index (χ2n) is 3.49. The zero-order chi connectivity index (χ0) is 8.69. The first-order chi connectivity index (χ1) is 5.24. The Hall–Kier alpha value is -0.0400. The summed E-state index contributed by atoms with van der Waals surface area (Å²) in [6.07, 6.45) is 5.39. The zero-order valence-electron chi connectivity index (χ0n) is 8.48. The molecule has 0 aliphatic heterocycles. The third-order valence-corrected chi connectivity index (χ3v) is 2.45. The molecule has 0 aromatic rings. The van der Waals surface area contributed by atoms with Crippen LogP contribution in [0.5, 0.6) is 0 Å². The van der Waals surface area contributed by atoms with Crippen molar-refractivity contribution in [1.82, 2.24) is 5.32 Å². The van der Waals surface area contributed by atoms with Crippen LogP contribution in [0.2, 0.25) is 0 Å². The quantitative estimate of drug-likeness (QED) is 0.625. The molecule has 0 heterocycles. The van der Waals surface area contributed by atoms with Crippen molar-refractivity contribution in [1.29, 1.82) is 0 Å². The van der Waals surface area contributed by atoms with Crippen LogP contribution in [0.3, 0.4) is 0 Å².